The number of hydrogen-bond donors (Lipinski definition) is 2. The first-order chi connectivity index (χ1) is 10.0. The summed E-state index contributed by atoms with van der Waals surface area (Å²) in [5.41, 5.74) is 0.769. The summed E-state index contributed by atoms with van der Waals surface area (Å²) in [6.07, 6.45) is 0. The van der Waals surface area contributed by atoms with Crippen molar-refractivity contribution in [2.75, 3.05) is 19.9 Å². The average Bonchev–Trinajstić information content (AvgIpc) is 2.87. The average molecular weight is 313 g/mol. The van der Waals surface area contributed by atoms with Crippen LogP contribution in [0.2, 0.25) is 5.02 Å². The zero-order chi connectivity index (χ0) is 15.0. The minimum atomic E-state index is -0.971. The maximum absolute atomic E-state index is 11.5. The van der Waals surface area contributed by atoms with E-state index in [0.29, 0.717) is 23.1 Å². The lowest BCUT2D eigenvalue weighted by molar-refractivity contribution is -0.146. The monoisotopic (exact) mass is 312 g/mol. The number of carbonyl (C=O) groups excluding carboxylic acids is 1. The van der Waals surface area contributed by atoms with Gasteiger partial charge >= 0.3 is 5.97 Å². The van der Waals surface area contributed by atoms with E-state index in [-0.39, 0.29) is 25.8 Å². The third-order valence-corrected chi connectivity index (χ3v) is 3.72. The molecule has 7 nitrogen and oxygen atoms in total. The van der Waals surface area contributed by atoms with E-state index in [2.05, 4.69) is 5.32 Å². The van der Waals surface area contributed by atoms with Crippen LogP contribution < -0.4 is 14.8 Å². The molecule has 2 aliphatic heterocycles. The van der Waals surface area contributed by atoms with Crippen molar-refractivity contribution in [3.63, 3.8) is 0 Å². The van der Waals surface area contributed by atoms with Crippen molar-refractivity contribution < 1.29 is 24.2 Å². The van der Waals surface area contributed by atoms with Gasteiger partial charge in [-0.3, -0.25) is 14.5 Å². The van der Waals surface area contributed by atoms with Crippen LogP contribution in [0.15, 0.2) is 12.1 Å². The normalized spacial score (nSPS) is 21.2. The van der Waals surface area contributed by atoms with Crippen LogP contribution in [-0.4, -0.2) is 47.8 Å². The Morgan fingerprint density at radius 3 is 3.05 bits per heavy atom. The minimum absolute atomic E-state index is 0.0308. The molecule has 0 aliphatic carbocycles. The summed E-state index contributed by atoms with van der Waals surface area (Å²) < 4.78 is 10.5. The molecule has 2 heterocycles. The Bertz CT molecular complexity index is 606. The van der Waals surface area contributed by atoms with Crippen LogP contribution in [-0.2, 0) is 16.1 Å². The standard InChI is InChI=1S/C13H13ClN2O5/c14-8-1-7(2-10-12(8)21-6-20-10)4-16-5-11(17)15-3-9(16)13(18)19/h1-2,9H,3-6H2,(H,15,17)(H,18,19). The number of fused-ring (bicyclic) bond motifs is 1. The zero-order valence-corrected chi connectivity index (χ0v) is 11.7. The number of rotatable bonds is 3. The van der Waals surface area contributed by atoms with Crippen molar-refractivity contribution >= 4 is 23.5 Å². The summed E-state index contributed by atoms with van der Waals surface area (Å²) in [6.45, 7) is 0.526. The summed E-state index contributed by atoms with van der Waals surface area (Å²) in [6, 6.07) is 2.69. The quantitative estimate of drug-likeness (QED) is 0.843. The van der Waals surface area contributed by atoms with Crippen LogP contribution in [0.5, 0.6) is 11.5 Å². The number of nitrogens with zero attached hydrogens (tertiary/aromatic N) is 1. The number of ether oxygens (including phenoxy) is 2. The number of carboxylic acid groups (broad SMARTS) is 1. The molecule has 1 atom stereocenters. The molecule has 1 aromatic carbocycles. The molecule has 0 spiro atoms. The summed E-state index contributed by atoms with van der Waals surface area (Å²) in [7, 11) is 0. The van der Waals surface area contributed by atoms with Gasteiger partial charge in [0.05, 0.1) is 11.6 Å². The van der Waals surface area contributed by atoms with Crippen LogP contribution in [0.3, 0.4) is 0 Å². The Morgan fingerprint density at radius 2 is 2.29 bits per heavy atom. The van der Waals surface area contributed by atoms with Gasteiger partial charge in [-0.1, -0.05) is 11.6 Å². The molecule has 0 aromatic heterocycles. The summed E-state index contributed by atoms with van der Waals surface area (Å²) in [5.74, 6) is -0.140. The van der Waals surface area contributed by atoms with Crippen molar-refractivity contribution in [1.82, 2.24) is 10.2 Å². The van der Waals surface area contributed by atoms with Gasteiger partial charge < -0.3 is 19.9 Å². The maximum Gasteiger partial charge on any atom is 0.322 e. The molecule has 0 saturated carbocycles. The summed E-state index contributed by atoms with van der Waals surface area (Å²) in [5, 5.41) is 12.2. The fraction of sp³-hybridized carbons (Fsp3) is 0.385. The zero-order valence-electron chi connectivity index (χ0n) is 11.0. The molecule has 3 rings (SSSR count). The van der Waals surface area contributed by atoms with E-state index in [4.69, 9.17) is 21.1 Å². The van der Waals surface area contributed by atoms with Crippen LogP contribution in [0.1, 0.15) is 5.56 Å². The number of aliphatic carboxylic acids is 1. The molecule has 1 unspecified atom stereocenters. The lowest BCUT2D eigenvalue weighted by Gasteiger charge is -2.32. The van der Waals surface area contributed by atoms with Gasteiger partial charge in [0, 0.05) is 13.1 Å². The maximum atomic E-state index is 11.5. The van der Waals surface area contributed by atoms with E-state index in [1.54, 1.807) is 17.0 Å². The Labute approximate surface area is 125 Å². The van der Waals surface area contributed by atoms with Gasteiger partial charge in [0.1, 0.15) is 6.04 Å². The molecular formula is C13H13ClN2O5. The van der Waals surface area contributed by atoms with Crippen LogP contribution in [0.25, 0.3) is 0 Å². The van der Waals surface area contributed by atoms with E-state index in [1.807, 2.05) is 0 Å². The van der Waals surface area contributed by atoms with E-state index >= 15 is 0 Å². The highest BCUT2D eigenvalue weighted by atomic mass is 35.5. The Kier molecular flexibility index (Phi) is 3.60. The molecule has 21 heavy (non-hydrogen) atoms. The number of carboxylic acids is 1. The Hall–Kier alpha value is -1.99. The molecule has 2 aliphatic rings. The van der Waals surface area contributed by atoms with Gasteiger partial charge in [-0.2, -0.15) is 0 Å². The van der Waals surface area contributed by atoms with Crippen LogP contribution in [0.4, 0.5) is 0 Å². The molecule has 1 saturated heterocycles. The third kappa shape index (κ3) is 2.74. The van der Waals surface area contributed by atoms with Crippen molar-refractivity contribution in [3.8, 4) is 11.5 Å². The van der Waals surface area contributed by atoms with Gasteiger partial charge in [0.15, 0.2) is 11.5 Å². The smallest absolute Gasteiger partial charge is 0.322 e. The predicted octanol–water partition coefficient (Wildman–Crippen LogP) is 0.454. The Morgan fingerprint density at radius 1 is 1.48 bits per heavy atom. The fourth-order valence-corrected chi connectivity index (χ4v) is 2.73. The third-order valence-electron chi connectivity index (χ3n) is 3.44. The van der Waals surface area contributed by atoms with Crippen LogP contribution >= 0.6 is 11.6 Å². The second-order valence-electron chi connectivity index (χ2n) is 4.87. The highest BCUT2D eigenvalue weighted by Crippen LogP contribution is 2.40. The van der Waals surface area contributed by atoms with Crippen LogP contribution in [0, 0.1) is 0 Å². The Balaban J connectivity index is 1.83. The largest absolute Gasteiger partial charge is 0.480 e. The van der Waals surface area contributed by atoms with Gasteiger partial charge in [-0.05, 0) is 17.7 Å². The summed E-state index contributed by atoms with van der Waals surface area (Å²) in [4.78, 5) is 24.3. The number of piperazine rings is 1. The lowest BCUT2D eigenvalue weighted by Crippen LogP contribution is -2.56. The second kappa shape index (κ2) is 5.42. The van der Waals surface area contributed by atoms with E-state index in [0.717, 1.165) is 5.56 Å². The number of halogens is 1. The van der Waals surface area contributed by atoms with E-state index < -0.39 is 12.0 Å². The minimum Gasteiger partial charge on any atom is -0.480 e. The highest BCUT2D eigenvalue weighted by Gasteiger charge is 2.32. The van der Waals surface area contributed by atoms with Gasteiger partial charge in [0.2, 0.25) is 12.7 Å². The van der Waals surface area contributed by atoms with Gasteiger partial charge in [0.25, 0.3) is 0 Å². The van der Waals surface area contributed by atoms with Crippen molar-refractivity contribution in [3.05, 3.63) is 22.7 Å². The molecule has 2 N–H and O–H groups in total. The number of nitrogens with one attached hydrogen (secondary N) is 1. The number of amides is 1. The molecule has 0 radical (unpaired) electrons. The first-order valence-electron chi connectivity index (χ1n) is 6.36. The number of benzene rings is 1. The van der Waals surface area contributed by atoms with Crippen molar-refractivity contribution in [1.29, 1.82) is 0 Å². The van der Waals surface area contributed by atoms with Crippen molar-refractivity contribution in [2.45, 2.75) is 12.6 Å². The topological polar surface area (TPSA) is 88.1 Å². The SMILES string of the molecule is O=C1CN(Cc2cc(Cl)c3c(c2)OCO3)C(C(=O)O)CN1. The molecule has 8 heteroatoms. The first kappa shape index (κ1) is 14.0. The first-order valence-corrected chi connectivity index (χ1v) is 6.74. The molecule has 1 fully saturated rings. The number of carbonyl (C=O) groups is 2. The number of hydrogen-bond acceptors (Lipinski definition) is 5. The van der Waals surface area contributed by atoms with E-state index in [1.165, 1.54) is 0 Å². The fourth-order valence-electron chi connectivity index (χ4n) is 2.45. The molecule has 0 bridgehead atoms. The molecule has 1 aromatic rings. The van der Waals surface area contributed by atoms with E-state index in [9.17, 15) is 14.7 Å². The summed E-state index contributed by atoms with van der Waals surface area (Å²) >= 11 is 6.10. The van der Waals surface area contributed by atoms with Gasteiger partial charge in [-0.15, -0.1) is 0 Å². The highest BCUT2D eigenvalue weighted by molar-refractivity contribution is 6.32. The molecule has 1 amide bonds. The van der Waals surface area contributed by atoms with Gasteiger partial charge in [-0.25, -0.2) is 0 Å². The second-order valence-corrected chi connectivity index (χ2v) is 5.28. The van der Waals surface area contributed by atoms with Crippen molar-refractivity contribution in [2.24, 2.45) is 0 Å². The lowest BCUT2D eigenvalue weighted by atomic mass is 10.1. The molecule has 112 valence electrons. The predicted molar refractivity (Wildman–Crippen MR) is 72.4 cm³/mol. The molecular weight excluding hydrogens is 300 g/mol.